The first kappa shape index (κ1) is 29.0. The molecule has 9 rings (SSSR count). The van der Waals surface area contributed by atoms with E-state index in [1.165, 1.54) is 10.8 Å². The van der Waals surface area contributed by atoms with Gasteiger partial charge in [-0.2, -0.15) is 15.8 Å². The summed E-state index contributed by atoms with van der Waals surface area (Å²) in [5.41, 5.74) is 13.0. The van der Waals surface area contributed by atoms with Gasteiger partial charge < -0.3 is 9.13 Å². The van der Waals surface area contributed by atoms with Crippen LogP contribution in [0.1, 0.15) is 28.8 Å². The van der Waals surface area contributed by atoms with Crippen LogP contribution >= 0.6 is 0 Å². The van der Waals surface area contributed by atoms with E-state index in [4.69, 9.17) is 0 Å². The van der Waals surface area contributed by atoms with Gasteiger partial charge in [0.1, 0.15) is 6.07 Å². The van der Waals surface area contributed by atoms with E-state index in [-0.39, 0.29) is 0 Å². The summed E-state index contributed by atoms with van der Waals surface area (Å²) in [6.07, 6.45) is 3.31. The summed E-state index contributed by atoms with van der Waals surface area (Å²) in [7, 11) is 0. The molecule has 0 atom stereocenters. The molecule has 0 N–H and O–H groups in total. The molecular weight excluding hydrogens is 611 g/mol. The van der Waals surface area contributed by atoms with E-state index in [9.17, 15) is 15.8 Å². The fraction of sp³-hybridized carbons (Fsp3) is 0.0444. The van der Waals surface area contributed by atoms with Crippen LogP contribution in [0.3, 0.4) is 0 Å². The Kier molecular flexibility index (Phi) is 6.70. The normalized spacial score (nSPS) is 12.3. The zero-order valence-corrected chi connectivity index (χ0v) is 26.9. The topological polar surface area (TPSA) is 81.2 Å². The van der Waals surface area contributed by atoms with Crippen LogP contribution in [-0.2, 0) is 6.42 Å². The highest BCUT2D eigenvalue weighted by atomic mass is 15.0. The highest BCUT2D eigenvalue weighted by molar-refractivity contribution is 6.09. The third-order valence-electron chi connectivity index (χ3n) is 9.92. The summed E-state index contributed by atoms with van der Waals surface area (Å²) in [6, 6.07) is 52.6. The Hall–Kier alpha value is -7.13. The number of rotatable bonds is 4. The van der Waals surface area contributed by atoms with E-state index in [2.05, 4.69) is 112 Å². The summed E-state index contributed by atoms with van der Waals surface area (Å²) in [4.78, 5) is 0. The highest BCUT2D eigenvalue weighted by Crippen LogP contribution is 2.42. The SMILES string of the molecule is N#CC1=Cc2c(n(-c3ccccc3-c3ccc(C#N)cc3-c3cccc(-n4c5ccccc5c5ccccc54)c3)c3c(C#N)cccc23)CC1. The van der Waals surface area contributed by atoms with Crippen LogP contribution in [0, 0.1) is 34.0 Å². The molecule has 0 saturated carbocycles. The second-order valence-electron chi connectivity index (χ2n) is 12.6. The van der Waals surface area contributed by atoms with Crippen molar-refractivity contribution in [2.45, 2.75) is 12.8 Å². The average molecular weight is 638 g/mol. The lowest BCUT2D eigenvalue weighted by atomic mass is 9.91. The van der Waals surface area contributed by atoms with Gasteiger partial charge in [-0.3, -0.25) is 0 Å². The van der Waals surface area contributed by atoms with Gasteiger partial charge in [0.15, 0.2) is 0 Å². The largest absolute Gasteiger partial charge is 0.311 e. The number of nitriles is 3. The molecule has 0 amide bonds. The third-order valence-corrected chi connectivity index (χ3v) is 9.92. The van der Waals surface area contributed by atoms with Crippen LogP contribution in [0.15, 0.2) is 139 Å². The summed E-state index contributed by atoms with van der Waals surface area (Å²) in [5, 5.41) is 33.5. The first-order chi connectivity index (χ1) is 24.7. The number of benzene rings is 6. The predicted octanol–water partition coefficient (Wildman–Crippen LogP) is 10.7. The van der Waals surface area contributed by atoms with Crippen molar-refractivity contribution in [3.63, 3.8) is 0 Å². The van der Waals surface area contributed by atoms with Crippen molar-refractivity contribution in [3.8, 4) is 51.8 Å². The second-order valence-corrected chi connectivity index (χ2v) is 12.6. The van der Waals surface area contributed by atoms with E-state index >= 15 is 0 Å². The first-order valence-corrected chi connectivity index (χ1v) is 16.6. The van der Waals surface area contributed by atoms with E-state index < -0.39 is 0 Å². The third kappa shape index (κ3) is 4.37. The molecule has 8 aromatic rings. The lowest BCUT2D eigenvalue weighted by Gasteiger charge is -2.20. The molecule has 0 fully saturated rings. The molecule has 0 unspecified atom stereocenters. The van der Waals surface area contributed by atoms with Crippen LogP contribution in [0.2, 0.25) is 0 Å². The minimum absolute atomic E-state index is 0.577. The molecule has 5 heteroatoms. The Morgan fingerprint density at radius 1 is 0.520 bits per heavy atom. The van der Waals surface area contributed by atoms with Crippen molar-refractivity contribution in [3.05, 3.63) is 161 Å². The van der Waals surface area contributed by atoms with E-state index in [1.807, 2.05) is 54.6 Å². The molecule has 50 heavy (non-hydrogen) atoms. The Balaban J connectivity index is 1.29. The maximum absolute atomic E-state index is 10.3. The van der Waals surface area contributed by atoms with Crippen LogP contribution in [0.4, 0.5) is 0 Å². The Bertz CT molecular complexity index is 2810. The van der Waals surface area contributed by atoms with Gasteiger partial charge >= 0.3 is 0 Å². The zero-order chi connectivity index (χ0) is 33.8. The number of fused-ring (bicyclic) bond motifs is 6. The van der Waals surface area contributed by atoms with Crippen molar-refractivity contribution in [1.82, 2.24) is 9.13 Å². The molecule has 232 valence electrons. The van der Waals surface area contributed by atoms with Gasteiger partial charge in [0, 0.05) is 44.2 Å². The van der Waals surface area contributed by atoms with Crippen LogP contribution in [0.25, 0.3) is 72.4 Å². The Morgan fingerprint density at radius 2 is 1.24 bits per heavy atom. The summed E-state index contributed by atoms with van der Waals surface area (Å²) in [6.45, 7) is 0. The smallest absolute Gasteiger partial charge is 0.101 e. The molecule has 1 aliphatic rings. The molecular formula is C45H27N5. The molecule has 6 aromatic carbocycles. The fourth-order valence-electron chi connectivity index (χ4n) is 7.76. The van der Waals surface area contributed by atoms with Gasteiger partial charge in [-0.05, 0) is 84.1 Å². The molecule has 0 bridgehead atoms. The highest BCUT2D eigenvalue weighted by Gasteiger charge is 2.25. The van der Waals surface area contributed by atoms with Crippen LogP contribution in [0.5, 0.6) is 0 Å². The van der Waals surface area contributed by atoms with E-state index in [1.54, 1.807) is 0 Å². The molecule has 5 nitrogen and oxygen atoms in total. The summed E-state index contributed by atoms with van der Waals surface area (Å²) < 4.78 is 4.53. The number of nitrogens with zero attached hydrogens (tertiary/aromatic N) is 5. The predicted molar refractivity (Wildman–Crippen MR) is 200 cm³/mol. The number of hydrogen-bond donors (Lipinski definition) is 0. The minimum Gasteiger partial charge on any atom is -0.311 e. The van der Waals surface area contributed by atoms with Gasteiger partial charge in [-0.15, -0.1) is 0 Å². The summed E-state index contributed by atoms with van der Waals surface area (Å²) >= 11 is 0. The molecule has 0 radical (unpaired) electrons. The van der Waals surface area contributed by atoms with Gasteiger partial charge in [0.25, 0.3) is 0 Å². The molecule has 2 aromatic heterocycles. The molecule has 0 spiro atoms. The number of aromatic nitrogens is 2. The van der Waals surface area contributed by atoms with Crippen molar-refractivity contribution >= 4 is 38.8 Å². The van der Waals surface area contributed by atoms with Crippen molar-refractivity contribution < 1.29 is 0 Å². The van der Waals surface area contributed by atoms with Crippen molar-refractivity contribution in [2.75, 3.05) is 0 Å². The first-order valence-electron chi connectivity index (χ1n) is 16.6. The number of allylic oxidation sites excluding steroid dienone is 1. The average Bonchev–Trinajstić information content (AvgIpc) is 3.70. The summed E-state index contributed by atoms with van der Waals surface area (Å²) in [5.74, 6) is 0. The van der Waals surface area contributed by atoms with E-state index in [0.29, 0.717) is 24.0 Å². The maximum atomic E-state index is 10.3. The van der Waals surface area contributed by atoms with E-state index in [0.717, 1.165) is 72.4 Å². The second kappa shape index (κ2) is 11.5. The number of para-hydroxylation sites is 4. The standard InChI is InChI=1S/C45H27N5/c46-26-29-19-21-34(39(23-29)31-9-7-11-33(25-31)49-41-16-4-2-13-36(41)37-14-3-5-17-42(37)49)35-12-1-6-18-43(35)50-44-22-20-30(27-47)24-40(44)38-15-8-10-32(28-48)45(38)50/h1-19,21,23-25H,20,22H2. The van der Waals surface area contributed by atoms with Gasteiger partial charge in [0.05, 0.1) is 45.5 Å². The van der Waals surface area contributed by atoms with Gasteiger partial charge in [-0.25, -0.2) is 0 Å². The fourth-order valence-corrected chi connectivity index (χ4v) is 7.76. The monoisotopic (exact) mass is 637 g/mol. The van der Waals surface area contributed by atoms with Crippen LogP contribution < -0.4 is 0 Å². The lowest BCUT2D eigenvalue weighted by Crippen LogP contribution is -2.07. The van der Waals surface area contributed by atoms with Crippen molar-refractivity contribution in [1.29, 1.82) is 15.8 Å². The number of hydrogen-bond acceptors (Lipinski definition) is 3. The molecule has 2 heterocycles. The Labute approximate surface area is 289 Å². The Morgan fingerprint density at radius 3 is 2.00 bits per heavy atom. The van der Waals surface area contributed by atoms with Gasteiger partial charge in [-0.1, -0.05) is 84.9 Å². The lowest BCUT2D eigenvalue weighted by molar-refractivity contribution is 0.871. The quantitative estimate of drug-likeness (QED) is 0.193. The molecule has 1 aliphatic carbocycles. The maximum Gasteiger partial charge on any atom is 0.101 e. The molecule has 0 saturated heterocycles. The van der Waals surface area contributed by atoms with Crippen molar-refractivity contribution in [2.24, 2.45) is 0 Å². The van der Waals surface area contributed by atoms with Crippen LogP contribution in [-0.4, -0.2) is 9.13 Å². The zero-order valence-electron chi connectivity index (χ0n) is 26.9. The van der Waals surface area contributed by atoms with Gasteiger partial charge in [0.2, 0.25) is 0 Å². The molecule has 0 aliphatic heterocycles. The minimum atomic E-state index is 0.577.